The summed E-state index contributed by atoms with van der Waals surface area (Å²) in [6.45, 7) is 1.71. The highest BCUT2D eigenvalue weighted by Gasteiger charge is 2.35. The van der Waals surface area contributed by atoms with Crippen molar-refractivity contribution in [3.8, 4) is 0 Å². The van der Waals surface area contributed by atoms with Crippen LogP contribution in [0.1, 0.15) is 19.8 Å². The van der Waals surface area contributed by atoms with Crippen LogP contribution in [0.5, 0.6) is 0 Å². The maximum absolute atomic E-state index is 12.4. The van der Waals surface area contributed by atoms with E-state index in [4.69, 9.17) is 0 Å². The zero-order valence-corrected chi connectivity index (χ0v) is 5.45. The van der Waals surface area contributed by atoms with Crippen LogP contribution in [0.25, 0.3) is 0 Å². The van der Waals surface area contributed by atoms with Crippen LogP contribution >= 0.6 is 0 Å². The Morgan fingerprint density at radius 2 is 2.22 bits per heavy atom. The molecule has 1 aliphatic rings. The van der Waals surface area contributed by atoms with Crippen LogP contribution < -0.4 is 5.32 Å². The topological polar surface area (TPSA) is 12.0 Å². The van der Waals surface area contributed by atoms with E-state index in [1.807, 2.05) is 0 Å². The van der Waals surface area contributed by atoms with Crippen LogP contribution in [0.4, 0.5) is 8.78 Å². The van der Waals surface area contributed by atoms with Crippen molar-refractivity contribution < 1.29 is 8.78 Å². The largest absolute Gasteiger partial charge is 0.309 e. The number of halogens is 2. The molecule has 0 saturated carbocycles. The zero-order chi connectivity index (χ0) is 6.91. The second-order valence-corrected chi connectivity index (χ2v) is 2.61. The molecule has 1 unspecified atom stereocenters. The third kappa shape index (κ3) is 1.61. The molecule has 1 N–H and O–H groups in total. The summed E-state index contributed by atoms with van der Waals surface area (Å²) in [4.78, 5) is 0. The Balaban J connectivity index is 2.42. The molecule has 0 aromatic heterocycles. The van der Waals surface area contributed by atoms with E-state index < -0.39 is 12.0 Å². The van der Waals surface area contributed by atoms with Gasteiger partial charge in [0, 0.05) is 6.92 Å². The van der Waals surface area contributed by atoms with E-state index in [1.54, 1.807) is 0 Å². The monoisotopic (exact) mass is 135 g/mol. The van der Waals surface area contributed by atoms with Crippen molar-refractivity contribution in [3.05, 3.63) is 0 Å². The quantitative estimate of drug-likeness (QED) is 0.573. The van der Waals surface area contributed by atoms with Gasteiger partial charge in [0.15, 0.2) is 0 Å². The Hall–Kier alpha value is -0.180. The first-order valence-corrected chi connectivity index (χ1v) is 3.22. The van der Waals surface area contributed by atoms with Crippen LogP contribution in [0, 0.1) is 0 Å². The van der Waals surface area contributed by atoms with Gasteiger partial charge in [-0.05, 0) is 19.4 Å². The molecule has 54 valence electrons. The molecule has 1 heterocycles. The third-order valence-electron chi connectivity index (χ3n) is 1.67. The van der Waals surface area contributed by atoms with Crippen molar-refractivity contribution in [2.24, 2.45) is 0 Å². The fraction of sp³-hybridized carbons (Fsp3) is 1.00. The Morgan fingerprint density at radius 3 is 2.44 bits per heavy atom. The molecule has 0 aliphatic carbocycles. The maximum Gasteiger partial charge on any atom is 0.260 e. The van der Waals surface area contributed by atoms with Gasteiger partial charge >= 0.3 is 0 Å². The summed E-state index contributed by atoms with van der Waals surface area (Å²) >= 11 is 0. The van der Waals surface area contributed by atoms with E-state index in [0.29, 0.717) is 6.42 Å². The van der Waals surface area contributed by atoms with E-state index in [2.05, 4.69) is 5.32 Å². The highest BCUT2D eigenvalue weighted by molar-refractivity contribution is 4.83. The lowest BCUT2D eigenvalue weighted by atomic mass is 10.1. The fourth-order valence-corrected chi connectivity index (χ4v) is 1.12. The summed E-state index contributed by atoms with van der Waals surface area (Å²) in [5.74, 6) is -2.53. The molecule has 0 spiro atoms. The van der Waals surface area contributed by atoms with Gasteiger partial charge in [0.05, 0.1) is 6.04 Å². The summed E-state index contributed by atoms with van der Waals surface area (Å²) < 4.78 is 24.7. The van der Waals surface area contributed by atoms with E-state index in [1.165, 1.54) is 0 Å². The molecule has 0 aromatic carbocycles. The van der Waals surface area contributed by atoms with Crippen LogP contribution in [0.2, 0.25) is 0 Å². The van der Waals surface area contributed by atoms with Gasteiger partial charge in [-0.15, -0.1) is 0 Å². The maximum atomic E-state index is 12.4. The Bertz CT molecular complexity index is 91.7. The minimum Gasteiger partial charge on any atom is -0.309 e. The van der Waals surface area contributed by atoms with Gasteiger partial charge in [-0.2, -0.15) is 0 Å². The summed E-state index contributed by atoms with van der Waals surface area (Å²) in [7, 11) is 0. The van der Waals surface area contributed by atoms with Gasteiger partial charge in [-0.25, -0.2) is 8.78 Å². The lowest BCUT2D eigenvalue weighted by molar-refractivity contribution is -0.0118. The van der Waals surface area contributed by atoms with Gasteiger partial charge in [-0.3, -0.25) is 0 Å². The van der Waals surface area contributed by atoms with E-state index in [9.17, 15) is 8.78 Å². The molecule has 1 rings (SSSR count). The normalized spacial score (nSPS) is 29.0. The average molecular weight is 135 g/mol. The average Bonchev–Trinajstić information content (AvgIpc) is 2.08. The van der Waals surface area contributed by atoms with E-state index in [-0.39, 0.29) is 0 Å². The Labute approximate surface area is 53.4 Å². The van der Waals surface area contributed by atoms with Gasteiger partial charge in [0.1, 0.15) is 0 Å². The summed E-state index contributed by atoms with van der Waals surface area (Å²) in [5.41, 5.74) is 0. The summed E-state index contributed by atoms with van der Waals surface area (Å²) in [6.07, 6.45) is 1.50. The molecule has 0 radical (unpaired) electrons. The molecular formula is C6H11F2N. The van der Waals surface area contributed by atoms with Crippen LogP contribution in [-0.4, -0.2) is 18.5 Å². The predicted octanol–water partition coefficient (Wildman–Crippen LogP) is 1.39. The number of alkyl halides is 2. The van der Waals surface area contributed by atoms with Crippen molar-refractivity contribution in [1.29, 1.82) is 0 Å². The van der Waals surface area contributed by atoms with Crippen molar-refractivity contribution >= 4 is 0 Å². The highest BCUT2D eigenvalue weighted by Crippen LogP contribution is 2.23. The fourth-order valence-electron chi connectivity index (χ4n) is 1.12. The molecule has 9 heavy (non-hydrogen) atoms. The smallest absolute Gasteiger partial charge is 0.260 e. The van der Waals surface area contributed by atoms with Crippen molar-refractivity contribution in [2.45, 2.75) is 31.7 Å². The molecule has 0 bridgehead atoms. The molecular weight excluding hydrogens is 124 g/mol. The van der Waals surface area contributed by atoms with E-state index >= 15 is 0 Å². The first-order chi connectivity index (χ1) is 4.11. The van der Waals surface area contributed by atoms with Crippen molar-refractivity contribution in [3.63, 3.8) is 0 Å². The summed E-state index contributed by atoms with van der Waals surface area (Å²) in [5, 5.41) is 2.75. The molecule has 1 fully saturated rings. The molecule has 1 saturated heterocycles. The summed E-state index contributed by atoms with van der Waals surface area (Å²) in [6, 6.07) is -0.572. The SMILES string of the molecule is CC(F)(F)C1CCCN1. The standard InChI is InChI=1S/C6H11F2N/c1-6(7,8)5-3-2-4-9-5/h5,9H,2-4H2,1H3. The number of hydrogen-bond acceptors (Lipinski definition) is 1. The molecule has 1 aliphatic heterocycles. The number of nitrogens with one attached hydrogen (secondary N) is 1. The van der Waals surface area contributed by atoms with E-state index in [0.717, 1.165) is 19.9 Å². The van der Waals surface area contributed by atoms with Crippen molar-refractivity contribution in [1.82, 2.24) is 5.32 Å². The minimum absolute atomic E-state index is 0.572. The molecule has 0 aromatic rings. The van der Waals surface area contributed by atoms with Gasteiger partial charge in [-0.1, -0.05) is 0 Å². The van der Waals surface area contributed by atoms with Gasteiger partial charge < -0.3 is 5.32 Å². The zero-order valence-electron chi connectivity index (χ0n) is 5.45. The van der Waals surface area contributed by atoms with Crippen molar-refractivity contribution in [2.75, 3.05) is 6.54 Å². The van der Waals surface area contributed by atoms with Crippen LogP contribution in [0.15, 0.2) is 0 Å². The third-order valence-corrected chi connectivity index (χ3v) is 1.67. The molecule has 3 heteroatoms. The lowest BCUT2D eigenvalue weighted by Gasteiger charge is -2.17. The first kappa shape index (κ1) is 6.93. The molecule has 1 atom stereocenters. The molecule has 1 nitrogen and oxygen atoms in total. The minimum atomic E-state index is -2.53. The number of rotatable bonds is 1. The van der Waals surface area contributed by atoms with Crippen LogP contribution in [-0.2, 0) is 0 Å². The molecule has 0 amide bonds. The Kier molecular flexibility index (Phi) is 1.70. The second kappa shape index (κ2) is 2.21. The first-order valence-electron chi connectivity index (χ1n) is 3.22. The predicted molar refractivity (Wildman–Crippen MR) is 31.6 cm³/mol. The number of hydrogen-bond donors (Lipinski definition) is 1. The van der Waals surface area contributed by atoms with Gasteiger partial charge in [0.2, 0.25) is 0 Å². The Morgan fingerprint density at radius 1 is 1.56 bits per heavy atom. The highest BCUT2D eigenvalue weighted by atomic mass is 19.3. The second-order valence-electron chi connectivity index (χ2n) is 2.61. The van der Waals surface area contributed by atoms with Gasteiger partial charge in [0.25, 0.3) is 5.92 Å². The lowest BCUT2D eigenvalue weighted by Crippen LogP contribution is -2.37. The van der Waals surface area contributed by atoms with Crippen LogP contribution in [0.3, 0.4) is 0 Å².